The molecule has 3 rings (SSSR count). The molecule has 0 N–H and O–H groups in total. The number of sulfonamides is 1. The van der Waals surface area contributed by atoms with Gasteiger partial charge in [0.15, 0.2) is 5.16 Å². The molecule has 1 saturated heterocycles. The third-order valence-electron chi connectivity index (χ3n) is 4.69. The zero-order chi connectivity index (χ0) is 20.9. The Morgan fingerprint density at radius 1 is 1.28 bits per heavy atom. The SMILES string of the molecule is CCCCOC(=O)CSc1nc2cc(S(=O)(=O)N3CCOCC3)ccc2n1CC. The van der Waals surface area contributed by atoms with Crippen molar-refractivity contribution in [3.63, 3.8) is 0 Å². The molecule has 1 aliphatic heterocycles. The van der Waals surface area contributed by atoms with Crippen LogP contribution in [0.25, 0.3) is 11.0 Å². The number of hydrogen-bond donors (Lipinski definition) is 0. The van der Waals surface area contributed by atoms with E-state index in [9.17, 15) is 13.2 Å². The normalized spacial score (nSPS) is 15.7. The number of aromatic nitrogens is 2. The summed E-state index contributed by atoms with van der Waals surface area (Å²) < 4.78 is 39.7. The van der Waals surface area contributed by atoms with Crippen LogP contribution >= 0.6 is 11.8 Å². The summed E-state index contributed by atoms with van der Waals surface area (Å²) in [6.07, 6.45) is 1.83. The molecule has 8 nitrogen and oxygen atoms in total. The third kappa shape index (κ3) is 5.11. The Kier molecular flexibility index (Phi) is 7.55. The second-order valence-electron chi connectivity index (χ2n) is 6.67. The van der Waals surface area contributed by atoms with E-state index < -0.39 is 10.0 Å². The van der Waals surface area contributed by atoms with Crippen molar-refractivity contribution < 1.29 is 22.7 Å². The first-order valence-corrected chi connectivity index (χ1v) is 12.3. The fourth-order valence-electron chi connectivity index (χ4n) is 3.10. The maximum atomic E-state index is 12.9. The minimum atomic E-state index is -3.58. The smallest absolute Gasteiger partial charge is 0.316 e. The lowest BCUT2D eigenvalue weighted by molar-refractivity contribution is -0.140. The van der Waals surface area contributed by atoms with Gasteiger partial charge in [-0.1, -0.05) is 25.1 Å². The van der Waals surface area contributed by atoms with E-state index in [1.54, 1.807) is 18.2 Å². The van der Waals surface area contributed by atoms with Crippen LogP contribution in [-0.4, -0.2) is 66.9 Å². The van der Waals surface area contributed by atoms with Crippen molar-refractivity contribution in [1.82, 2.24) is 13.9 Å². The van der Waals surface area contributed by atoms with E-state index >= 15 is 0 Å². The molecule has 2 aromatic rings. The van der Waals surface area contributed by atoms with Gasteiger partial charge in [-0.05, 0) is 31.5 Å². The highest BCUT2D eigenvalue weighted by atomic mass is 32.2. The number of imidazole rings is 1. The van der Waals surface area contributed by atoms with Crippen LogP contribution in [0, 0.1) is 0 Å². The van der Waals surface area contributed by atoms with Gasteiger partial charge in [0.2, 0.25) is 10.0 Å². The number of morpholine rings is 1. The lowest BCUT2D eigenvalue weighted by atomic mass is 10.3. The van der Waals surface area contributed by atoms with Crippen LogP contribution in [0.1, 0.15) is 26.7 Å². The maximum Gasteiger partial charge on any atom is 0.316 e. The molecule has 1 aromatic heterocycles. The minimum Gasteiger partial charge on any atom is -0.465 e. The standard InChI is InChI=1S/C19H27N3O5S2/c1-3-5-10-27-18(23)14-28-19-20-16-13-15(6-7-17(16)22(19)4-2)29(24,25)21-8-11-26-12-9-21/h6-7,13H,3-5,8-12,14H2,1-2H3. The van der Waals surface area contributed by atoms with Gasteiger partial charge in [-0.2, -0.15) is 4.31 Å². The van der Waals surface area contributed by atoms with Gasteiger partial charge in [-0.15, -0.1) is 0 Å². The Labute approximate surface area is 175 Å². The Morgan fingerprint density at radius 2 is 2.03 bits per heavy atom. The Balaban J connectivity index is 1.79. The second kappa shape index (κ2) is 9.92. The van der Waals surface area contributed by atoms with Crippen LogP contribution in [0.4, 0.5) is 0 Å². The van der Waals surface area contributed by atoms with Gasteiger partial charge in [0.05, 0.1) is 41.5 Å². The van der Waals surface area contributed by atoms with Crippen LogP contribution in [-0.2, 0) is 30.8 Å². The maximum absolute atomic E-state index is 12.9. The molecule has 1 aliphatic rings. The van der Waals surface area contributed by atoms with Gasteiger partial charge in [-0.25, -0.2) is 13.4 Å². The van der Waals surface area contributed by atoms with E-state index in [-0.39, 0.29) is 16.6 Å². The first kappa shape index (κ1) is 22.1. The van der Waals surface area contributed by atoms with Gasteiger partial charge in [0.1, 0.15) is 0 Å². The predicted octanol–water partition coefficient (Wildman–Crippen LogP) is 2.51. The Bertz CT molecular complexity index is 952. The highest BCUT2D eigenvalue weighted by molar-refractivity contribution is 7.99. The molecule has 1 fully saturated rings. The van der Waals surface area contributed by atoms with Gasteiger partial charge in [-0.3, -0.25) is 4.79 Å². The van der Waals surface area contributed by atoms with Crippen LogP contribution in [0.3, 0.4) is 0 Å². The number of carbonyl (C=O) groups excluding carboxylic acids is 1. The average Bonchev–Trinajstić information content (AvgIpc) is 3.09. The van der Waals surface area contributed by atoms with Crippen molar-refractivity contribution in [1.29, 1.82) is 0 Å². The number of hydrogen-bond acceptors (Lipinski definition) is 7. The predicted molar refractivity (Wildman–Crippen MR) is 112 cm³/mol. The van der Waals surface area contributed by atoms with Crippen molar-refractivity contribution >= 4 is 38.8 Å². The fraction of sp³-hybridized carbons (Fsp3) is 0.579. The van der Waals surface area contributed by atoms with Crippen molar-refractivity contribution in [3.8, 4) is 0 Å². The van der Waals surface area contributed by atoms with Crippen LogP contribution in [0.5, 0.6) is 0 Å². The number of thioether (sulfide) groups is 1. The fourth-order valence-corrected chi connectivity index (χ4v) is 5.40. The molecule has 0 amide bonds. The van der Waals surface area contributed by atoms with Crippen LogP contribution in [0.15, 0.2) is 28.3 Å². The summed E-state index contributed by atoms with van der Waals surface area (Å²) in [5.74, 6) is -0.0971. The molecule has 29 heavy (non-hydrogen) atoms. The van der Waals surface area contributed by atoms with Gasteiger partial charge >= 0.3 is 5.97 Å². The number of benzene rings is 1. The van der Waals surface area contributed by atoms with Crippen LogP contribution in [0.2, 0.25) is 0 Å². The zero-order valence-corrected chi connectivity index (χ0v) is 18.4. The molecule has 10 heteroatoms. The van der Waals surface area contributed by atoms with Gasteiger partial charge < -0.3 is 14.0 Å². The molecular weight excluding hydrogens is 414 g/mol. The summed E-state index contributed by atoms with van der Waals surface area (Å²) in [6, 6.07) is 5.01. The lowest BCUT2D eigenvalue weighted by Gasteiger charge is -2.26. The molecule has 0 spiro atoms. The molecular formula is C19H27N3O5S2. The quantitative estimate of drug-likeness (QED) is 0.335. The largest absolute Gasteiger partial charge is 0.465 e. The van der Waals surface area contributed by atoms with Crippen LogP contribution < -0.4 is 0 Å². The van der Waals surface area contributed by atoms with E-state index in [4.69, 9.17) is 9.47 Å². The molecule has 0 saturated carbocycles. The topological polar surface area (TPSA) is 90.7 Å². The number of ether oxygens (including phenoxy) is 2. The molecule has 0 unspecified atom stereocenters. The minimum absolute atomic E-state index is 0.173. The number of carbonyl (C=O) groups is 1. The molecule has 0 bridgehead atoms. The van der Waals surface area contributed by atoms with Crippen molar-refractivity contribution in [2.45, 2.75) is 43.3 Å². The first-order chi connectivity index (χ1) is 14.0. The summed E-state index contributed by atoms with van der Waals surface area (Å²) in [5, 5.41) is 0.677. The number of nitrogens with zero attached hydrogens (tertiary/aromatic N) is 3. The average molecular weight is 442 g/mol. The number of unbranched alkanes of at least 4 members (excludes halogenated alkanes) is 1. The summed E-state index contributed by atoms with van der Waals surface area (Å²) in [6.45, 7) is 6.64. The second-order valence-corrected chi connectivity index (χ2v) is 9.55. The third-order valence-corrected chi connectivity index (χ3v) is 7.53. The molecule has 160 valence electrons. The zero-order valence-electron chi connectivity index (χ0n) is 16.8. The van der Waals surface area contributed by atoms with Crippen molar-refractivity contribution in [3.05, 3.63) is 18.2 Å². The monoisotopic (exact) mass is 441 g/mol. The van der Waals surface area contributed by atoms with Crippen molar-refractivity contribution in [2.75, 3.05) is 38.7 Å². The summed E-state index contributed by atoms with van der Waals surface area (Å²) in [7, 11) is -3.58. The van der Waals surface area contributed by atoms with E-state index in [2.05, 4.69) is 4.98 Å². The first-order valence-electron chi connectivity index (χ1n) is 9.84. The highest BCUT2D eigenvalue weighted by Crippen LogP contribution is 2.27. The summed E-state index contributed by atoms with van der Waals surface area (Å²) in [4.78, 5) is 16.7. The van der Waals surface area contributed by atoms with Gasteiger partial charge in [0.25, 0.3) is 0 Å². The Hall–Kier alpha value is -1.62. The molecule has 2 heterocycles. The van der Waals surface area contributed by atoms with E-state index in [0.29, 0.717) is 50.1 Å². The van der Waals surface area contributed by atoms with E-state index in [1.165, 1.54) is 16.1 Å². The molecule has 0 radical (unpaired) electrons. The number of rotatable bonds is 9. The molecule has 0 atom stereocenters. The van der Waals surface area contributed by atoms with Crippen molar-refractivity contribution in [2.24, 2.45) is 0 Å². The molecule has 1 aromatic carbocycles. The van der Waals surface area contributed by atoms with E-state index in [1.807, 2.05) is 18.4 Å². The summed E-state index contributed by atoms with van der Waals surface area (Å²) in [5.41, 5.74) is 1.44. The van der Waals surface area contributed by atoms with E-state index in [0.717, 1.165) is 18.4 Å². The number of fused-ring (bicyclic) bond motifs is 1. The number of esters is 1. The molecule has 0 aliphatic carbocycles. The number of aryl methyl sites for hydroxylation is 1. The lowest BCUT2D eigenvalue weighted by Crippen LogP contribution is -2.40. The highest BCUT2D eigenvalue weighted by Gasteiger charge is 2.27. The van der Waals surface area contributed by atoms with Gasteiger partial charge in [0, 0.05) is 19.6 Å². The summed E-state index contributed by atoms with van der Waals surface area (Å²) >= 11 is 1.31. The Morgan fingerprint density at radius 3 is 2.72 bits per heavy atom.